The van der Waals surface area contributed by atoms with Gasteiger partial charge >= 0.3 is 5.97 Å². The van der Waals surface area contributed by atoms with Crippen LogP contribution in [-0.2, 0) is 21.4 Å². The molecule has 1 amide bonds. The number of carbonyl (C=O) groups is 2. The van der Waals surface area contributed by atoms with Gasteiger partial charge in [-0.3, -0.25) is 9.69 Å². The van der Waals surface area contributed by atoms with Crippen molar-refractivity contribution in [1.82, 2.24) is 25.1 Å². The van der Waals surface area contributed by atoms with Crippen LogP contribution in [0.1, 0.15) is 6.92 Å². The molecule has 0 radical (unpaired) electrons. The van der Waals surface area contributed by atoms with Gasteiger partial charge in [0, 0.05) is 12.8 Å². The van der Waals surface area contributed by atoms with Crippen LogP contribution in [0.2, 0.25) is 0 Å². The average Bonchev–Trinajstić information content (AvgIpc) is 2.88. The Balaban J connectivity index is 1.82. The number of hydrogen-bond donors (Lipinski definition) is 2. The molecule has 1 aromatic rings. The number of carbonyl (C=O) groups excluding carboxylic acids is 1. The number of aryl methyl sites for hydroxylation is 1. The van der Waals surface area contributed by atoms with Crippen LogP contribution in [0.25, 0.3) is 0 Å². The van der Waals surface area contributed by atoms with Crippen molar-refractivity contribution >= 4 is 23.6 Å². The summed E-state index contributed by atoms with van der Waals surface area (Å²) in [4.78, 5) is 24.8. The van der Waals surface area contributed by atoms with E-state index in [1.165, 1.54) is 23.4 Å². The van der Waals surface area contributed by atoms with Gasteiger partial charge in [0.25, 0.3) is 0 Å². The van der Waals surface area contributed by atoms with Gasteiger partial charge < -0.3 is 14.9 Å². The molecule has 1 fully saturated rings. The minimum absolute atomic E-state index is 0.0780. The molecule has 3 heterocycles. The smallest absolute Gasteiger partial charge is 0.352 e. The van der Waals surface area contributed by atoms with Crippen LogP contribution in [0.3, 0.4) is 0 Å². The zero-order valence-electron chi connectivity index (χ0n) is 12.4. The number of aromatic nitrogens is 4. The highest BCUT2D eigenvalue weighted by Gasteiger charge is 2.55. The van der Waals surface area contributed by atoms with E-state index in [1.807, 2.05) is 0 Å². The highest BCUT2D eigenvalue weighted by molar-refractivity contribution is 7.99. The number of hydrogen-bond acceptors (Lipinski definition) is 8. The Morgan fingerprint density at radius 1 is 1.57 bits per heavy atom. The van der Waals surface area contributed by atoms with Crippen molar-refractivity contribution in [2.24, 2.45) is 13.0 Å². The van der Waals surface area contributed by atoms with Crippen molar-refractivity contribution in [1.29, 1.82) is 0 Å². The van der Waals surface area contributed by atoms with E-state index in [1.54, 1.807) is 7.05 Å². The maximum absolute atomic E-state index is 12.1. The minimum atomic E-state index is -1.19. The summed E-state index contributed by atoms with van der Waals surface area (Å²) in [5.74, 6) is -2.07. The first kappa shape index (κ1) is 15.9. The molecule has 2 aliphatic rings. The number of carboxylic acid groups (broad SMARTS) is 1. The predicted molar refractivity (Wildman–Crippen MR) is 75.9 cm³/mol. The number of rotatable bonds is 5. The van der Waals surface area contributed by atoms with E-state index in [0.717, 1.165) is 4.90 Å². The lowest BCUT2D eigenvalue weighted by Crippen LogP contribution is -2.67. The summed E-state index contributed by atoms with van der Waals surface area (Å²) < 4.78 is 7.04. The maximum Gasteiger partial charge on any atom is 0.352 e. The molecule has 23 heavy (non-hydrogen) atoms. The Morgan fingerprint density at radius 2 is 2.30 bits per heavy atom. The maximum atomic E-state index is 12.1. The van der Waals surface area contributed by atoms with Gasteiger partial charge in [-0.05, 0) is 22.9 Å². The van der Waals surface area contributed by atoms with E-state index in [0.29, 0.717) is 10.7 Å². The number of thioether (sulfide) groups is 1. The van der Waals surface area contributed by atoms with Gasteiger partial charge in [0.2, 0.25) is 11.1 Å². The highest BCUT2D eigenvalue weighted by atomic mass is 32.2. The normalized spacial score (nSPS) is 25.2. The van der Waals surface area contributed by atoms with Crippen LogP contribution in [-0.4, -0.2) is 71.9 Å². The molecule has 1 saturated heterocycles. The summed E-state index contributed by atoms with van der Waals surface area (Å²) in [5.41, 5.74) is 0.393. The fourth-order valence-corrected chi connectivity index (χ4v) is 3.47. The second kappa shape index (κ2) is 5.91. The van der Waals surface area contributed by atoms with Gasteiger partial charge in [0.1, 0.15) is 11.6 Å². The largest absolute Gasteiger partial charge is 0.477 e. The number of ether oxygens (including phenoxy) is 1. The molecule has 3 rings (SSSR count). The SMILES string of the molecule is C[C@@H](O)[C@H]1C(=O)N2C(C(=O)O)=C(CSc3nnnn3C)CO[C@H]12. The first-order chi connectivity index (χ1) is 10.9. The van der Waals surface area contributed by atoms with Crippen molar-refractivity contribution in [2.45, 2.75) is 24.4 Å². The number of tetrazole rings is 1. The molecule has 0 unspecified atom stereocenters. The number of fused-ring (bicyclic) bond motifs is 1. The summed E-state index contributed by atoms with van der Waals surface area (Å²) in [5, 5.41) is 30.6. The number of aliphatic carboxylic acids is 1. The number of aliphatic hydroxyl groups is 1. The van der Waals surface area contributed by atoms with Crippen LogP contribution in [0.5, 0.6) is 0 Å². The summed E-state index contributed by atoms with van der Waals surface area (Å²) in [7, 11) is 1.68. The van der Waals surface area contributed by atoms with Crippen LogP contribution in [0.15, 0.2) is 16.4 Å². The first-order valence-corrected chi connectivity index (χ1v) is 7.83. The first-order valence-electron chi connectivity index (χ1n) is 6.85. The molecule has 11 heteroatoms. The molecule has 0 aliphatic carbocycles. The number of nitrogens with zero attached hydrogens (tertiary/aromatic N) is 5. The zero-order valence-corrected chi connectivity index (χ0v) is 13.2. The van der Waals surface area contributed by atoms with Crippen molar-refractivity contribution in [3.63, 3.8) is 0 Å². The molecule has 3 atom stereocenters. The molecular formula is C12H15N5O5S. The highest BCUT2D eigenvalue weighted by Crippen LogP contribution is 2.39. The van der Waals surface area contributed by atoms with Crippen molar-refractivity contribution < 1.29 is 24.5 Å². The fraction of sp³-hybridized carbons (Fsp3) is 0.583. The Labute approximate surface area is 135 Å². The molecule has 0 saturated carbocycles. The number of carboxylic acids is 1. The second-order valence-electron chi connectivity index (χ2n) is 5.31. The minimum Gasteiger partial charge on any atom is -0.477 e. The lowest BCUT2D eigenvalue weighted by molar-refractivity contribution is -0.203. The summed E-state index contributed by atoms with van der Waals surface area (Å²) in [6.45, 7) is 1.57. The van der Waals surface area contributed by atoms with Crippen LogP contribution >= 0.6 is 11.8 Å². The zero-order chi connectivity index (χ0) is 16.7. The monoisotopic (exact) mass is 341 g/mol. The number of β-lactam (4-membered cyclic amide) rings is 1. The number of aliphatic hydroxyl groups excluding tert-OH is 1. The molecular weight excluding hydrogens is 326 g/mol. The Morgan fingerprint density at radius 3 is 2.87 bits per heavy atom. The molecule has 2 N–H and O–H groups in total. The average molecular weight is 341 g/mol. The lowest BCUT2D eigenvalue weighted by Gasteiger charge is -2.50. The quantitative estimate of drug-likeness (QED) is 0.502. The summed E-state index contributed by atoms with van der Waals surface area (Å²) in [6, 6.07) is 0. The predicted octanol–water partition coefficient (Wildman–Crippen LogP) is -1.16. The van der Waals surface area contributed by atoms with Crippen molar-refractivity contribution in [3.8, 4) is 0 Å². The fourth-order valence-electron chi connectivity index (χ4n) is 2.63. The molecule has 0 bridgehead atoms. The van der Waals surface area contributed by atoms with E-state index in [2.05, 4.69) is 15.5 Å². The van der Waals surface area contributed by atoms with Gasteiger partial charge in [0.15, 0.2) is 6.23 Å². The molecule has 1 aromatic heterocycles. The van der Waals surface area contributed by atoms with E-state index < -0.39 is 30.1 Å². The van der Waals surface area contributed by atoms with E-state index in [4.69, 9.17) is 4.74 Å². The second-order valence-corrected chi connectivity index (χ2v) is 6.25. The van der Waals surface area contributed by atoms with Crippen LogP contribution < -0.4 is 0 Å². The topological polar surface area (TPSA) is 131 Å². The van der Waals surface area contributed by atoms with E-state index in [-0.39, 0.29) is 18.1 Å². The third-order valence-electron chi connectivity index (χ3n) is 3.77. The van der Waals surface area contributed by atoms with Crippen molar-refractivity contribution in [3.05, 3.63) is 11.3 Å². The van der Waals surface area contributed by atoms with Gasteiger partial charge in [-0.25, -0.2) is 9.48 Å². The van der Waals surface area contributed by atoms with Gasteiger partial charge in [-0.2, -0.15) is 0 Å². The van der Waals surface area contributed by atoms with Crippen LogP contribution in [0.4, 0.5) is 0 Å². The standard InChI is InChI=1S/C12H15N5O5S/c1-5(18)7-9(19)17-8(11(20)21)6(3-22-10(7)17)4-23-12-13-14-15-16(12)2/h5,7,10,18H,3-4H2,1-2H3,(H,20,21)/t5-,7+,10-/m1/s1. The van der Waals surface area contributed by atoms with E-state index >= 15 is 0 Å². The molecule has 10 nitrogen and oxygen atoms in total. The van der Waals surface area contributed by atoms with Gasteiger partial charge in [-0.1, -0.05) is 11.8 Å². The third-order valence-corrected chi connectivity index (χ3v) is 4.86. The Bertz CT molecular complexity index is 687. The Hall–Kier alpha value is -1.98. The summed E-state index contributed by atoms with van der Waals surface area (Å²) in [6.07, 6.45) is -1.61. The van der Waals surface area contributed by atoms with Gasteiger partial charge in [-0.15, -0.1) is 5.10 Å². The molecule has 124 valence electrons. The molecule has 0 aromatic carbocycles. The third kappa shape index (κ3) is 2.60. The molecule has 2 aliphatic heterocycles. The summed E-state index contributed by atoms with van der Waals surface area (Å²) >= 11 is 1.26. The van der Waals surface area contributed by atoms with E-state index in [9.17, 15) is 19.8 Å². The lowest BCUT2D eigenvalue weighted by atomic mass is 9.88. The van der Waals surface area contributed by atoms with Crippen molar-refractivity contribution in [2.75, 3.05) is 12.4 Å². The van der Waals surface area contributed by atoms with Crippen LogP contribution in [0, 0.1) is 5.92 Å². The molecule has 0 spiro atoms. The number of amides is 1. The van der Waals surface area contributed by atoms with Gasteiger partial charge in [0.05, 0.1) is 12.7 Å². The Kier molecular flexibility index (Phi) is 4.08.